The normalized spacial score (nSPS) is 10.0. The first-order valence-corrected chi connectivity index (χ1v) is 7.13. The molecule has 2 amide bonds. The standard InChI is InChI=1S/C14H16BrN3O3/c1-9(2)18(7-3-6-16)14(21)17-10-4-5-12(15)11(8-10)13(19)20/h4-5,8-9H,3,7H2,1-2H3,(H,17,21)(H,19,20). The summed E-state index contributed by atoms with van der Waals surface area (Å²) in [6.07, 6.45) is 0.242. The van der Waals surface area contributed by atoms with E-state index >= 15 is 0 Å². The minimum atomic E-state index is -1.08. The topological polar surface area (TPSA) is 93.4 Å². The number of halogens is 1. The Hall–Kier alpha value is -2.07. The van der Waals surface area contributed by atoms with Crippen LogP contribution in [0.25, 0.3) is 0 Å². The van der Waals surface area contributed by atoms with Gasteiger partial charge in [0.05, 0.1) is 18.1 Å². The molecule has 0 aromatic heterocycles. The van der Waals surface area contributed by atoms with E-state index in [0.29, 0.717) is 16.7 Å². The molecule has 0 aliphatic rings. The highest BCUT2D eigenvalue weighted by molar-refractivity contribution is 9.10. The van der Waals surface area contributed by atoms with Crippen LogP contribution in [-0.4, -0.2) is 34.6 Å². The number of benzene rings is 1. The lowest BCUT2D eigenvalue weighted by atomic mass is 10.2. The summed E-state index contributed by atoms with van der Waals surface area (Å²) in [6.45, 7) is 4.02. The zero-order chi connectivity index (χ0) is 16.0. The number of rotatable bonds is 5. The largest absolute Gasteiger partial charge is 0.478 e. The lowest BCUT2D eigenvalue weighted by molar-refractivity contribution is 0.0696. The van der Waals surface area contributed by atoms with Crippen molar-refractivity contribution in [1.29, 1.82) is 5.26 Å². The Balaban J connectivity index is 2.89. The van der Waals surface area contributed by atoms with Gasteiger partial charge in [-0.05, 0) is 48.0 Å². The van der Waals surface area contributed by atoms with E-state index in [-0.39, 0.29) is 24.1 Å². The molecular formula is C14H16BrN3O3. The Morgan fingerprint density at radius 2 is 2.14 bits per heavy atom. The van der Waals surface area contributed by atoms with Crippen LogP contribution in [0, 0.1) is 11.3 Å². The quantitative estimate of drug-likeness (QED) is 0.848. The average Bonchev–Trinajstić information content (AvgIpc) is 2.40. The van der Waals surface area contributed by atoms with E-state index in [0.717, 1.165) is 0 Å². The Kier molecular flexibility index (Phi) is 6.18. The van der Waals surface area contributed by atoms with Gasteiger partial charge >= 0.3 is 12.0 Å². The molecule has 6 nitrogen and oxygen atoms in total. The van der Waals surface area contributed by atoms with Crippen LogP contribution in [-0.2, 0) is 0 Å². The number of hydrogen-bond donors (Lipinski definition) is 2. The van der Waals surface area contributed by atoms with Crippen molar-refractivity contribution in [2.24, 2.45) is 0 Å². The molecule has 1 aromatic carbocycles. The molecule has 0 spiro atoms. The number of carboxylic acids is 1. The first-order chi connectivity index (χ1) is 9.86. The summed E-state index contributed by atoms with van der Waals surface area (Å²) < 4.78 is 0.443. The fourth-order valence-corrected chi connectivity index (χ4v) is 2.14. The van der Waals surface area contributed by atoms with Gasteiger partial charge in [0.1, 0.15) is 0 Å². The van der Waals surface area contributed by atoms with Crippen molar-refractivity contribution in [1.82, 2.24) is 4.90 Å². The molecule has 0 fully saturated rings. The number of hydrogen-bond acceptors (Lipinski definition) is 3. The third-order valence-corrected chi connectivity index (χ3v) is 3.49. The molecule has 1 aromatic rings. The van der Waals surface area contributed by atoms with Gasteiger partial charge in [0, 0.05) is 22.7 Å². The Labute approximate surface area is 131 Å². The second-order valence-electron chi connectivity index (χ2n) is 4.63. The molecule has 7 heteroatoms. The number of anilines is 1. The number of nitriles is 1. The maximum atomic E-state index is 12.2. The Morgan fingerprint density at radius 1 is 1.48 bits per heavy atom. The van der Waals surface area contributed by atoms with Gasteiger partial charge in [-0.1, -0.05) is 0 Å². The van der Waals surface area contributed by atoms with E-state index in [1.165, 1.54) is 11.0 Å². The molecule has 1 rings (SSSR count). The zero-order valence-electron chi connectivity index (χ0n) is 11.8. The number of carbonyl (C=O) groups is 2. The number of carboxylic acid groups (broad SMARTS) is 1. The van der Waals surface area contributed by atoms with Crippen LogP contribution in [0.4, 0.5) is 10.5 Å². The van der Waals surface area contributed by atoms with Crippen LogP contribution in [0.5, 0.6) is 0 Å². The van der Waals surface area contributed by atoms with Crippen LogP contribution >= 0.6 is 15.9 Å². The smallest absolute Gasteiger partial charge is 0.336 e. The summed E-state index contributed by atoms with van der Waals surface area (Å²) in [5.41, 5.74) is 0.462. The number of amides is 2. The lowest BCUT2D eigenvalue weighted by Crippen LogP contribution is -2.40. The maximum Gasteiger partial charge on any atom is 0.336 e. The molecule has 0 bridgehead atoms. The average molecular weight is 354 g/mol. The number of nitrogens with one attached hydrogen (secondary N) is 1. The molecule has 0 aliphatic carbocycles. The van der Waals surface area contributed by atoms with Crippen molar-refractivity contribution in [3.63, 3.8) is 0 Å². The van der Waals surface area contributed by atoms with Gasteiger partial charge in [-0.15, -0.1) is 0 Å². The highest BCUT2D eigenvalue weighted by Crippen LogP contribution is 2.21. The predicted molar refractivity (Wildman–Crippen MR) is 82.2 cm³/mol. The predicted octanol–water partition coefficient (Wildman–Crippen LogP) is 3.30. The second kappa shape index (κ2) is 7.64. The molecule has 112 valence electrons. The molecule has 0 saturated carbocycles. The van der Waals surface area contributed by atoms with Gasteiger partial charge in [-0.3, -0.25) is 0 Å². The summed E-state index contributed by atoms with van der Waals surface area (Å²) in [5, 5.41) is 20.3. The van der Waals surface area contributed by atoms with Crippen molar-refractivity contribution in [2.45, 2.75) is 26.3 Å². The first kappa shape index (κ1) is 17.0. The van der Waals surface area contributed by atoms with Crippen molar-refractivity contribution in [3.05, 3.63) is 28.2 Å². The molecule has 21 heavy (non-hydrogen) atoms. The van der Waals surface area contributed by atoms with Crippen LogP contribution in [0.15, 0.2) is 22.7 Å². The van der Waals surface area contributed by atoms with Crippen molar-refractivity contribution in [3.8, 4) is 6.07 Å². The fourth-order valence-electron chi connectivity index (χ4n) is 1.73. The summed E-state index contributed by atoms with van der Waals surface area (Å²) in [6, 6.07) is 6.13. The van der Waals surface area contributed by atoms with Gasteiger partial charge in [-0.25, -0.2) is 9.59 Å². The van der Waals surface area contributed by atoms with Crippen LogP contribution in [0.1, 0.15) is 30.6 Å². The number of aromatic carboxylic acids is 1. The van der Waals surface area contributed by atoms with Gasteiger partial charge in [0.2, 0.25) is 0 Å². The van der Waals surface area contributed by atoms with E-state index in [4.69, 9.17) is 10.4 Å². The van der Waals surface area contributed by atoms with E-state index in [1.54, 1.807) is 12.1 Å². The van der Waals surface area contributed by atoms with Crippen molar-refractivity contribution in [2.75, 3.05) is 11.9 Å². The van der Waals surface area contributed by atoms with Crippen molar-refractivity contribution < 1.29 is 14.7 Å². The van der Waals surface area contributed by atoms with Crippen LogP contribution < -0.4 is 5.32 Å². The monoisotopic (exact) mass is 353 g/mol. The van der Waals surface area contributed by atoms with Gasteiger partial charge < -0.3 is 15.3 Å². The zero-order valence-corrected chi connectivity index (χ0v) is 13.3. The minimum Gasteiger partial charge on any atom is -0.478 e. The summed E-state index contributed by atoms with van der Waals surface area (Å²) in [5.74, 6) is -1.08. The summed E-state index contributed by atoms with van der Waals surface area (Å²) in [7, 11) is 0. The van der Waals surface area contributed by atoms with Gasteiger partial charge in [-0.2, -0.15) is 5.26 Å². The van der Waals surface area contributed by atoms with Crippen LogP contribution in [0.3, 0.4) is 0 Å². The highest BCUT2D eigenvalue weighted by atomic mass is 79.9. The SMILES string of the molecule is CC(C)N(CCC#N)C(=O)Nc1ccc(Br)c(C(=O)O)c1. The number of urea groups is 1. The second-order valence-corrected chi connectivity index (χ2v) is 5.48. The van der Waals surface area contributed by atoms with Crippen molar-refractivity contribution >= 4 is 33.6 Å². The fraction of sp³-hybridized carbons (Fsp3) is 0.357. The molecule has 0 aliphatic heterocycles. The Bertz CT molecular complexity index is 581. The molecule has 0 heterocycles. The molecule has 0 saturated heterocycles. The third-order valence-electron chi connectivity index (χ3n) is 2.80. The maximum absolute atomic E-state index is 12.2. The van der Waals surface area contributed by atoms with E-state index in [1.807, 2.05) is 19.9 Å². The highest BCUT2D eigenvalue weighted by Gasteiger charge is 2.17. The third kappa shape index (κ3) is 4.76. The number of carbonyl (C=O) groups excluding carboxylic acids is 1. The summed E-state index contributed by atoms with van der Waals surface area (Å²) in [4.78, 5) is 24.7. The molecule has 0 atom stereocenters. The lowest BCUT2D eigenvalue weighted by Gasteiger charge is -2.26. The van der Waals surface area contributed by atoms with E-state index in [2.05, 4.69) is 21.2 Å². The van der Waals surface area contributed by atoms with Gasteiger partial charge in [0.25, 0.3) is 0 Å². The molecule has 2 N–H and O–H groups in total. The van der Waals surface area contributed by atoms with Crippen LogP contribution in [0.2, 0.25) is 0 Å². The Morgan fingerprint density at radius 3 is 2.67 bits per heavy atom. The number of nitrogens with zero attached hydrogens (tertiary/aromatic N) is 2. The first-order valence-electron chi connectivity index (χ1n) is 6.34. The molecular weight excluding hydrogens is 338 g/mol. The minimum absolute atomic E-state index is 0.0623. The molecule has 0 radical (unpaired) electrons. The molecule has 0 unspecified atom stereocenters. The van der Waals surface area contributed by atoms with E-state index < -0.39 is 5.97 Å². The van der Waals surface area contributed by atoms with Gasteiger partial charge in [0.15, 0.2) is 0 Å². The van der Waals surface area contributed by atoms with E-state index in [9.17, 15) is 9.59 Å². The summed E-state index contributed by atoms with van der Waals surface area (Å²) >= 11 is 3.14.